The number of hydrazone groups is 1. The molecular formula is C27H28IN3O5. The lowest BCUT2D eigenvalue weighted by Gasteiger charge is -2.18. The molecule has 0 spiro atoms. The minimum atomic E-state index is -0.438. The molecule has 0 atom stereocenters. The summed E-state index contributed by atoms with van der Waals surface area (Å²) in [5, 5.41) is 14.9. The summed E-state index contributed by atoms with van der Waals surface area (Å²) in [4.78, 5) is 22.9. The lowest BCUT2D eigenvalue weighted by atomic mass is 9.87. The maximum Gasteiger partial charge on any atom is 0.271 e. The Morgan fingerprint density at radius 1 is 1.08 bits per heavy atom. The van der Waals surface area contributed by atoms with E-state index in [1.54, 1.807) is 36.5 Å². The zero-order valence-electron chi connectivity index (χ0n) is 20.6. The van der Waals surface area contributed by atoms with Crippen molar-refractivity contribution < 1.29 is 19.2 Å². The zero-order valence-corrected chi connectivity index (χ0v) is 22.7. The highest BCUT2D eigenvalue weighted by molar-refractivity contribution is 14.1. The first-order valence-corrected chi connectivity index (χ1v) is 12.4. The minimum Gasteiger partial charge on any atom is -0.490 e. The number of nitrogens with one attached hydrogen (secondary N) is 1. The Labute approximate surface area is 224 Å². The third-order valence-corrected chi connectivity index (χ3v) is 6.06. The lowest BCUT2D eigenvalue weighted by molar-refractivity contribution is -0.384. The third-order valence-electron chi connectivity index (χ3n) is 5.25. The minimum absolute atomic E-state index is 0.0142. The molecule has 3 aromatic rings. The molecule has 0 heterocycles. The predicted molar refractivity (Wildman–Crippen MR) is 148 cm³/mol. The van der Waals surface area contributed by atoms with Gasteiger partial charge in [-0.2, -0.15) is 5.10 Å². The number of carbonyl (C=O) groups is 1. The molecule has 0 unspecified atom stereocenters. The van der Waals surface area contributed by atoms with E-state index in [4.69, 9.17) is 9.47 Å². The monoisotopic (exact) mass is 601 g/mol. The van der Waals surface area contributed by atoms with Gasteiger partial charge >= 0.3 is 0 Å². The fraction of sp³-hybridized carbons (Fsp3) is 0.259. The summed E-state index contributed by atoms with van der Waals surface area (Å²) >= 11 is 2.15. The first-order chi connectivity index (χ1) is 17.1. The summed E-state index contributed by atoms with van der Waals surface area (Å²) in [5.41, 5.74) is 5.80. The van der Waals surface area contributed by atoms with Gasteiger partial charge in [0.2, 0.25) is 0 Å². The van der Waals surface area contributed by atoms with Gasteiger partial charge in [-0.15, -0.1) is 0 Å². The predicted octanol–water partition coefficient (Wildman–Crippen LogP) is 6.24. The number of nitro benzene ring substituents is 1. The van der Waals surface area contributed by atoms with Crippen molar-refractivity contribution >= 4 is 40.4 Å². The van der Waals surface area contributed by atoms with Crippen LogP contribution in [0, 0.1) is 13.7 Å². The van der Waals surface area contributed by atoms with Crippen LogP contribution in [-0.2, 0) is 12.0 Å². The summed E-state index contributed by atoms with van der Waals surface area (Å²) < 4.78 is 12.5. The van der Waals surface area contributed by atoms with Crippen LogP contribution < -0.4 is 14.9 Å². The van der Waals surface area contributed by atoms with Gasteiger partial charge in [-0.3, -0.25) is 14.9 Å². The highest BCUT2D eigenvalue weighted by Gasteiger charge is 2.15. The van der Waals surface area contributed by atoms with Crippen molar-refractivity contribution in [3.63, 3.8) is 0 Å². The van der Waals surface area contributed by atoms with E-state index in [0.29, 0.717) is 23.7 Å². The maximum absolute atomic E-state index is 12.5. The van der Waals surface area contributed by atoms with Gasteiger partial charge in [-0.1, -0.05) is 32.9 Å². The SMILES string of the molecule is CCOc1cc(/C=N\NC(=O)c2ccc(C(C)(C)C)cc2)cc(I)c1OCc1ccc([N+](=O)[O-])cc1. The van der Waals surface area contributed by atoms with Gasteiger partial charge < -0.3 is 9.47 Å². The molecule has 0 saturated heterocycles. The number of rotatable bonds is 9. The molecule has 0 fully saturated rings. The number of ether oxygens (including phenoxy) is 2. The van der Waals surface area contributed by atoms with Crippen LogP contribution >= 0.6 is 22.6 Å². The molecule has 0 aliphatic rings. The van der Waals surface area contributed by atoms with Crippen molar-refractivity contribution in [2.75, 3.05) is 6.61 Å². The number of nitro groups is 1. The van der Waals surface area contributed by atoms with Crippen molar-refractivity contribution in [1.82, 2.24) is 5.43 Å². The number of halogens is 1. The zero-order chi connectivity index (χ0) is 26.3. The average Bonchev–Trinajstić information content (AvgIpc) is 2.83. The van der Waals surface area contributed by atoms with Crippen LogP contribution in [0.4, 0.5) is 5.69 Å². The summed E-state index contributed by atoms with van der Waals surface area (Å²) in [6.07, 6.45) is 1.55. The third kappa shape index (κ3) is 7.27. The molecule has 0 aliphatic carbocycles. The summed E-state index contributed by atoms with van der Waals surface area (Å²) in [7, 11) is 0. The molecule has 1 amide bonds. The highest BCUT2D eigenvalue weighted by Crippen LogP contribution is 2.34. The Bertz CT molecular complexity index is 1250. The molecule has 3 aromatic carbocycles. The Morgan fingerprint density at radius 3 is 2.33 bits per heavy atom. The normalized spacial score (nSPS) is 11.4. The number of amides is 1. The van der Waals surface area contributed by atoms with E-state index in [1.165, 1.54) is 12.1 Å². The average molecular weight is 601 g/mol. The molecule has 9 heteroatoms. The number of carbonyl (C=O) groups excluding carboxylic acids is 1. The van der Waals surface area contributed by atoms with Crippen molar-refractivity contribution in [2.24, 2.45) is 5.10 Å². The van der Waals surface area contributed by atoms with Crippen LogP contribution in [0.25, 0.3) is 0 Å². The van der Waals surface area contributed by atoms with Crippen LogP contribution in [0.2, 0.25) is 0 Å². The van der Waals surface area contributed by atoms with E-state index in [1.807, 2.05) is 25.1 Å². The van der Waals surface area contributed by atoms with Crippen LogP contribution in [-0.4, -0.2) is 23.7 Å². The van der Waals surface area contributed by atoms with Crippen LogP contribution in [0.5, 0.6) is 11.5 Å². The van der Waals surface area contributed by atoms with Gasteiger partial charge in [-0.05, 0) is 88.0 Å². The molecule has 0 bridgehead atoms. The molecule has 1 N–H and O–H groups in total. The van der Waals surface area contributed by atoms with Crippen molar-refractivity contribution in [2.45, 2.75) is 39.7 Å². The van der Waals surface area contributed by atoms with Crippen molar-refractivity contribution in [3.05, 3.63) is 96.6 Å². The topological polar surface area (TPSA) is 103 Å². The Kier molecular flexibility index (Phi) is 9.03. The summed E-state index contributed by atoms with van der Waals surface area (Å²) in [6.45, 7) is 8.90. The van der Waals surface area contributed by atoms with Crippen LogP contribution in [0.1, 0.15) is 54.7 Å². The Hall–Kier alpha value is -3.47. The second-order valence-electron chi connectivity index (χ2n) is 9.00. The van der Waals surface area contributed by atoms with E-state index in [2.05, 4.69) is 53.9 Å². The molecule has 0 radical (unpaired) electrons. The number of benzene rings is 3. The number of non-ortho nitro benzene ring substituents is 1. The maximum atomic E-state index is 12.5. The smallest absolute Gasteiger partial charge is 0.271 e. The number of hydrogen-bond donors (Lipinski definition) is 1. The van der Waals surface area contributed by atoms with E-state index >= 15 is 0 Å². The lowest BCUT2D eigenvalue weighted by Crippen LogP contribution is -2.18. The number of hydrogen-bond acceptors (Lipinski definition) is 6. The highest BCUT2D eigenvalue weighted by atomic mass is 127. The van der Waals surface area contributed by atoms with Gasteiger partial charge in [0.25, 0.3) is 11.6 Å². The fourth-order valence-electron chi connectivity index (χ4n) is 3.29. The molecule has 0 saturated carbocycles. The molecule has 3 rings (SSSR count). The van der Waals surface area contributed by atoms with Crippen LogP contribution in [0.15, 0.2) is 65.8 Å². The fourth-order valence-corrected chi connectivity index (χ4v) is 4.07. The van der Waals surface area contributed by atoms with E-state index < -0.39 is 4.92 Å². The molecule has 188 valence electrons. The second-order valence-corrected chi connectivity index (χ2v) is 10.2. The molecule has 0 aliphatic heterocycles. The summed E-state index contributed by atoms with van der Waals surface area (Å²) in [6, 6.07) is 17.3. The van der Waals surface area contributed by atoms with Gasteiger partial charge in [0.05, 0.1) is 21.3 Å². The molecule has 0 aromatic heterocycles. The Balaban J connectivity index is 1.68. The number of nitrogens with zero attached hydrogens (tertiary/aromatic N) is 2. The van der Waals surface area contributed by atoms with E-state index in [-0.39, 0.29) is 23.6 Å². The molecular weight excluding hydrogens is 573 g/mol. The first kappa shape index (κ1) is 27.1. The standard InChI is InChI=1S/C27H28IN3O5/c1-5-35-24-15-19(16-29-30-26(32)20-8-10-21(11-9-20)27(2,3)4)14-23(28)25(24)36-17-18-6-12-22(13-7-18)31(33)34/h6-16H,5,17H2,1-4H3,(H,30,32)/b29-16-. The molecule has 8 nitrogen and oxygen atoms in total. The summed E-state index contributed by atoms with van der Waals surface area (Å²) in [5.74, 6) is 0.808. The van der Waals surface area contributed by atoms with E-state index in [9.17, 15) is 14.9 Å². The van der Waals surface area contributed by atoms with Gasteiger partial charge in [0, 0.05) is 17.7 Å². The van der Waals surface area contributed by atoms with Gasteiger partial charge in [0.15, 0.2) is 11.5 Å². The van der Waals surface area contributed by atoms with Crippen LogP contribution in [0.3, 0.4) is 0 Å². The van der Waals surface area contributed by atoms with Gasteiger partial charge in [0.1, 0.15) is 6.61 Å². The molecule has 36 heavy (non-hydrogen) atoms. The largest absolute Gasteiger partial charge is 0.490 e. The quantitative estimate of drug-likeness (QED) is 0.135. The van der Waals surface area contributed by atoms with Crippen molar-refractivity contribution in [3.8, 4) is 11.5 Å². The Morgan fingerprint density at radius 2 is 1.75 bits per heavy atom. The first-order valence-electron chi connectivity index (χ1n) is 11.3. The van der Waals surface area contributed by atoms with Gasteiger partial charge in [-0.25, -0.2) is 5.43 Å². The van der Waals surface area contributed by atoms with E-state index in [0.717, 1.165) is 20.3 Å². The second kappa shape index (κ2) is 12.0. The van der Waals surface area contributed by atoms with Crippen molar-refractivity contribution in [1.29, 1.82) is 0 Å².